The van der Waals surface area contributed by atoms with Crippen LogP contribution in [0.3, 0.4) is 0 Å². The number of rotatable bonds is 2. The molecule has 0 N–H and O–H groups in total. The van der Waals surface area contributed by atoms with Gasteiger partial charge in [0.1, 0.15) is 11.0 Å². The minimum atomic E-state index is 0.449. The molecule has 78 valence electrons. The van der Waals surface area contributed by atoms with Crippen LogP contribution in [0.25, 0.3) is 5.82 Å². The van der Waals surface area contributed by atoms with E-state index in [4.69, 9.17) is 11.6 Å². The molecular formula is C10H11ClN4. The summed E-state index contributed by atoms with van der Waals surface area (Å²) in [5.74, 6) is 1.44. The van der Waals surface area contributed by atoms with Crippen molar-refractivity contribution in [2.24, 2.45) is 0 Å². The van der Waals surface area contributed by atoms with Gasteiger partial charge in [-0.15, -0.1) is 0 Å². The smallest absolute Gasteiger partial charge is 0.158 e. The van der Waals surface area contributed by atoms with Gasteiger partial charge in [-0.05, 0) is 13.0 Å². The second kappa shape index (κ2) is 3.98. The first-order valence-electron chi connectivity index (χ1n) is 4.75. The van der Waals surface area contributed by atoms with Gasteiger partial charge in [0, 0.05) is 18.7 Å². The van der Waals surface area contributed by atoms with E-state index in [2.05, 4.69) is 15.1 Å². The largest absolute Gasteiger partial charge is 0.222 e. The Morgan fingerprint density at radius 1 is 1.40 bits per heavy atom. The van der Waals surface area contributed by atoms with E-state index in [0.717, 1.165) is 17.9 Å². The molecule has 0 atom stereocenters. The normalized spacial score (nSPS) is 10.6. The third-order valence-electron chi connectivity index (χ3n) is 2.00. The quantitative estimate of drug-likeness (QED) is 0.732. The van der Waals surface area contributed by atoms with Crippen molar-refractivity contribution in [2.75, 3.05) is 0 Å². The van der Waals surface area contributed by atoms with Crippen molar-refractivity contribution < 1.29 is 0 Å². The molecule has 0 aliphatic heterocycles. The van der Waals surface area contributed by atoms with Crippen LogP contribution in [0.15, 0.2) is 18.3 Å². The number of aryl methyl sites for hydroxylation is 2. The molecule has 0 radical (unpaired) electrons. The first-order valence-corrected chi connectivity index (χ1v) is 5.13. The van der Waals surface area contributed by atoms with E-state index in [-0.39, 0.29) is 0 Å². The van der Waals surface area contributed by atoms with Crippen molar-refractivity contribution in [3.8, 4) is 5.82 Å². The first kappa shape index (κ1) is 10.1. The summed E-state index contributed by atoms with van der Waals surface area (Å²) in [6.07, 6.45) is 2.61. The molecule has 0 aliphatic rings. The van der Waals surface area contributed by atoms with Gasteiger partial charge in [-0.3, -0.25) is 0 Å². The third-order valence-corrected chi connectivity index (χ3v) is 2.19. The third kappa shape index (κ3) is 2.15. The van der Waals surface area contributed by atoms with Gasteiger partial charge in [-0.1, -0.05) is 18.5 Å². The van der Waals surface area contributed by atoms with Gasteiger partial charge in [0.15, 0.2) is 5.82 Å². The van der Waals surface area contributed by atoms with Crippen LogP contribution in [0.5, 0.6) is 0 Å². The summed E-state index contributed by atoms with van der Waals surface area (Å²) in [7, 11) is 0. The Kier molecular flexibility index (Phi) is 2.68. The molecule has 0 fully saturated rings. The highest BCUT2D eigenvalue weighted by Crippen LogP contribution is 2.11. The Balaban J connectivity index is 2.48. The Labute approximate surface area is 92.9 Å². The Bertz CT molecular complexity index is 478. The van der Waals surface area contributed by atoms with E-state index in [1.54, 1.807) is 10.7 Å². The van der Waals surface area contributed by atoms with Gasteiger partial charge in [-0.25, -0.2) is 14.6 Å². The fourth-order valence-electron chi connectivity index (χ4n) is 1.27. The van der Waals surface area contributed by atoms with Crippen LogP contribution < -0.4 is 0 Å². The Morgan fingerprint density at radius 3 is 2.80 bits per heavy atom. The predicted octanol–water partition coefficient (Wildman–Crippen LogP) is 2.19. The predicted molar refractivity (Wildman–Crippen MR) is 58.3 cm³/mol. The zero-order chi connectivity index (χ0) is 10.8. The molecule has 2 aromatic heterocycles. The molecule has 15 heavy (non-hydrogen) atoms. The van der Waals surface area contributed by atoms with Gasteiger partial charge >= 0.3 is 0 Å². The maximum absolute atomic E-state index is 5.89. The molecule has 0 saturated heterocycles. The Morgan fingerprint density at radius 2 is 2.20 bits per heavy atom. The lowest BCUT2D eigenvalue weighted by Gasteiger charge is -2.03. The second-order valence-corrected chi connectivity index (χ2v) is 3.61. The van der Waals surface area contributed by atoms with E-state index in [9.17, 15) is 0 Å². The number of halogens is 1. The van der Waals surface area contributed by atoms with E-state index in [1.807, 2.05) is 26.1 Å². The molecular weight excluding hydrogens is 212 g/mol. The molecule has 2 heterocycles. The van der Waals surface area contributed by atoms with Crippen molar-refractivity contribution in [3.05, 3.63) is 35.0 Å². The molecule has 0 unspecified atom stereocenters. The summed E-state index contributed by atoms with van der Waals surface area (Å²) >= 11 is 5.89. The number of hydrogen-bond donors (Lipinski definition) is 0. The molecule has 0 aliphatic carbocycles. The van der Waals surface area contributed by atoms with Crippen molar-refractivity contribution in [1.82, 2.24) is 19.7 Å². The highest BCUT2D eigenvalue weighted by Gasteiger charge is 2.04. The lowest BCUT2D eigenvalue weighted by atomic mass is 10.4. The Hall–Kier alpha value is -1.42. The van der Waals surface area contributed by atoms with Gasteiger partial charge < -0.3 is 0 Å². The van der Waals surface area contributed by atoms with Crippen LogP contribution in [0.4, 0.5) is 0 Å². The van der Waals surface area contributed by atoms with Gasteiger partial charge in [-0.2, -0.15) is 5.10 Å². The SMILES string of the molecule is CCc1nc(Cl)cc(-n2ccc(C)n2)n1. The van der Waals surface area contributed by atoms with Crippen molar-refractivity contribution in [2.45, 2.75) is 20.3 Å². The van der Waals surface area contributed by atoms with E-state index < -0.39 is 0 Å². The molecule has 0 bridgehead atoms. The summed E-state index contributed by atoms with van der Waals surface area (Å²) in [4.78, 5) is 8.44. The average molecular weight is 223 g/mol. The van der Waals surface area contributed by atoms with Crippen LogP contribution in [0.2, 0.25) is 5.15 Å². The minimum Gasteiger partial charge on any atom is -0.222 e. The standard InChI is InChI=1S/C10H11ClN4/c1-3-9-12-8(11)6-10(13-9)15-5-4-7(2)14-15/h4-6H,3H2,1-2H3. The molecule has 4 nitrogen and oxygen atoms in total. The highest BCUT2D eigenvalue weighted by atomic mass is 35.5. The zero-order valence-corrected chi connectivity index (χ0v) is 9.36. The van der Waals surface area contributed by atoms with Crippen LogP contribution in [-0.2, 0) is 6.42 Å². The molecule has 0 spiro atoms. The summed E-state index contributed by atoms with van der Waals surface area (Å²) in [6, 6.07) is 3.62. The summed E-state index contributed by atoms with van der Waals surface area (Å²) in [6.45, 7) is 3.92. The van der Waals surface area contributed by atoms with Crippen LogP contribution >= 0.6 is 11.6 Å². The maximum atomic E-state index is 5.89. The molecule has 0 aromatic carbocycles. The lowest BCUT2D eigenvalue weighted by molar-refractivity contribution is 0.803. The van der Waals surface area contributed by atoms with Gasteiger partial charge in [0.2, 0.25) is 0 Å². The molecule has 2 rings (SSSR count). The summed E-state index contributed by atoms with van der Waals surface area (Å²) < 4.78 is 1.70. The highest BCUT2D eigenvalue weighted by molar-refractivity contribution is 6.29. The number of nitrogens with zero attached hydrogens (tertiary/aromatic N) is 4. The van der Waals surface area contributed by atoms with Gasteiger partial charge in [0.05, 0.1) is 5.69 Å². The van der Waals surface area contributed by atoms with Crippen molar-refractivity contribution >= 4 is 11.6 Å². The molecule has 2 aromatic rings. The van der Waals surface area contributed by atoms with E-state index >= 15 is 0 Å². The first-order chi connectivity index (χ1) is 7.19. The molecule has 0 amide bonds. The average Bonchev–Trinajstić information content (AvgIpc) is 2.64. The van der Waals surface area contributed by atoms with Crippen molar-refractivity contribution in [1.29, 1.82) is 0 Å². The second-order valence-electron chi connectivity index (χ2n) is 3.22. The van der Waals surface area contributed by atoms with Crippen LogP contribution in [0.1, 0.15) is 18.4 Å². The maximum Gasteiger partial charge on any atom is 0.158 e. The van der Waals surface area contributed by atoms with E-state index in [1.165, 1.54) is 0 Å². The minimum absolute atomic E-state index is 0.449. The molecule has 5 heteroatoms. The van der Waals surface area contributed by atoms with E-state index in [0.29, 0.717) is 11.0 Å². The summed E-state index contributed by atoms with van der Waals surface area (Å²) in [5, 5.41) is 4.71. The lowest BCUT2D eigenvalue weighted by Crippen LogP contribution is -2.03. The van der Waals surface area contributed by atoms with Crippen molar-refractivity contribution in [3.63, 3.8) is 0 Å². The fraction of sp³-hybridized carbons (Fsp3) is 0.300. The number of hydrogen-bond acceptors (Lipinski definition) is 3. The zero-order valence-electron chi connectivity index (χ0n) is 8.61. The van der Waals surface area contributed by atoms with Gasteiger partial charge in [0.25, 0.3) is 0 Å². The topological polar surface area (TPSA) is 43.6 Å². The summed E-state index contributed by atoms with van der Waals surface area (Å²) in [5.41, 5.74) is 0.947. The number of aromatic nitrogens is 4. The molecule has 0 saturated carbocycles. The van der Waals surface area contributed by atoms with Crippen LogP contribution in [-0.4, -0.2) is 19.7 Å². The van der Waals surface area contributed by atoms with Crippen LogP contribution in [0, 0.1) is 6.92 Å². The fourth-order valence-corrected chi connectivity index (χ4v) is 1.46. The monoisotopic (exact) mass is 222 g/mol.